The number of anilines is 1. The van der Waals surface area contributed by atoms with Crippen LogP contribution in [0.15, 0.2) is 22.7 Å². The lowest BCUT2D eigenvalue weighted by molar-refractivity contribution is -0.135. The lowest BCUT2D eigenvalue weighted by Gasteiger charge is -2.40. The van der Waals surface area contributed by atoms with E-state index in [1.165, 1.54) is 0 Å². The van der Waals surface area contributed by atoms with E-state index in [2.05, 4.69) is 15.9 Å². The van der Waals surface area contributed by atoms with E-state index in [0.29, 0.717) is 5.69 Å². The smallest absolute Gasteiger partial charge is 0.239 e. The van der Waals surface area contributed by atoms with Gasteiger partial charge in [0, 0.05) is 16.8 Å². The second kappa shape index (κ2) is 4.98. The number of carbonyl (C=O) groups excluding carboxylic acids is 3. The summed E-state index contributed by atoms with van der Waals surface area (Å²) in [6.07, 6.45) is -0.152. The number of nitrogens with zero attached hydrogens (tertiary/aromatic N) is 1. The topological polar surface area (TPSA) is 88.6 Å². The van der Waals surface area contributed by atoms with Gasteiger partial charge in [0.2, 0.25) is 11.8 Å². The van der Waals surface area contributed by atoms with E-state index in [1.807, 2.05) is 6.92 Å². The Hall–Kier alpha value is -1.54. The molecule has 2 amide bonds. The number of fused-ring (bicyclic) bond motifs is 2. The zero-order valence-electron chi connectivity index (χ0n) is 12.7. The molecule has 2 unspecified atom stereocenters. The Morgan fingerprint density at radius 3 is 2.46 bits per heavy atom. The Kier molecular flexibility index (Phi) is 3.31. The molecule has 1 aromatic carbocycles. The molecule has 3 aliphatic heterocycles. The standard InChI is InChI=1S/C16H14BrNO5S/c1-7-4-8(2-3-10(7)17)18-15(20)13-9-6-24(22,23)12(5-11(9)19)14(13)16(18)21/h2-4,9,12-14H,5-6H2,1H3/t9?,12?,13-,14+/m1/s1. The second-order valence-electron chi connectivity index (χ2n) is 6.64. The molecule has 3 saturated heterocycles. The number of carbonyl (C=O) groups is 3. The molecule has 4 aliphatic rings. The zero-order valence-corrected chi connectivity index (χ0v) is 15.1. The maximum Gasteiger partial charge on any atom is 0.239 e. The van der Waals surface area contributed by atoms with Gasteiger partial charge in [-0.3, -0.25) is 14.4 Å². The van der Waals surface area contributed by atoms with Gasteiger partial charge in [-0.05, 0) is 30.7 Å². The van der Waals surface area contributed by atoms with Crippen LogP contribution in [-0.4, -0.2) is 37.0 Å². The van der Waals surface area contributed by atoms with Crippen molar-refractivity contribution in [2.75, 3.05) is 10.7 Å². The SMILES string of the molecule is Cc1cc(N2C(=O)[C@@H]3C4CS(=O)(=O)C(CC4=O)[C@@H]3C2=O)ccc1Br. The van der Waals surface area contributed by atoms with Gasteiger partial charge in [-0.1, -0.05) is 15.9 Å². The maximum atomic E-state index is 12.8. The molecule has 0 aromatic heterocycles. The molecule has 0 radical (unpaired) electrons. The molecule has 6 nitrogen and oxygen atoms in total. The fourth-order valence-electron chi connectivity index (χ4n) is 4.15. The van der Waals surface area contributed by atoms with Crippen LogP contribution in [0.4, 0.5) is 5.69 Å². The van der Waals surface area contributed by atoms with E-state index < -0.39 is 44.7 Å². The first-order valence-corrected chi connectivity index (χ1v) is 10.1. The van der Waals surface area contributed by atoms with Gasteiger partial charge in [-0.15, -0.1) is 0 Å². The molecule has 1 aliphatic carbocycles. The Morgan fingerprint density at radius 2 is 1.79 bits per heavy atom. The minimum Gasteiger partial charge on any atom is -0.299 e. The number of amides is 2. The van der Waals surface area contributed by atoms with Gasteiger partial charge in [0.05, 0.1) is 28.5 Å². The summed E-state index contributed by atoms with van der Waals surface area (Å²) in [5.74, 6) is -4.14. The number of rotatable bonds is 1. The van der Waals surface area contributed by atoms with Crippen molar-refractivity contribution in [3.05, 3.63) is 28.2 Å². The molecule has 3 heterocycles. The molecule has 4 atom stereocenters. The highest BCUT2D eigenvalue weighted by molar-refractivity contribution is 9.10. The average Bonchev–Trinajstić information content (AvgIpc) is 2.76. The van der Waals surface area contributed by atoms with Crippen LogP contribution in [0.3, 0.4) is 0 Å². The van der Waals surface area contributed by atoms with Crippen LogP contribution in [-0.2, 0) is 24.2 Å². The molecule has 2 bridgehead atoms. The summed E-state index contributed by atoms with van der Waals surface area (Å²) in [5.41, 5.74) is 1.28. The molecule has 0 spiro atoms. The number of aryl methyl sites for hydroxylation is 1. The van der Waals surface area contributed by atoms with Gasteiger partial charge in [0.1, 0.15) is 5.78 Å². The maximum absolute atomic E-state index is 12.8. The van der Waals surface area contributed by atoms with Crippen molar-refractivity contribution in [3.63, 3.8) is 0 Å². The fourth-order valence-corrected chi connectivity index (χ4v) is 6.69. The predicted octanol–water partition coefficient (Wildman–Crippen LogP) is 1.25. The van der Waals surface area contributed by atoms with Crippen LogP contribution in [0.1, 0.15) is 12.0 Å². The number of ketones is 1. The van der Waals surface area contributed by atoms with Gasteiger partial charge in [0.25, 0.3) is 0 Å². The van der Waals surface area contributed by atoms with Gasteiger partial charge < -0.3 is 0 Å². The zero-order chi connectivity index (χ0) is 17.4. The summed E-state index contributed by atoms with van der Waals surface area (Å²) in [7, 11) is -3.52. The first-order chi connectivity index (χ1) is 11.2. The van der Waals surface area contributed by atoms with Crippen LogP contribution in [0, 0.1) is 24.7 Å². The van der Waals surface area contributed by atoms with E-state index >= 15 is 0 Å². The number of hydrogen-bond acceptors (Lipinski definition) is 5. The Balaban J connectivity index is 1.82. The van der Waals surface area contributed by atoms with Crippen LogP contribution in [0.25, 0.3) is 0 Å². The molecule has 126 valence electrons. The van der Waals surface area contributed by atoms with E-state index in [4.69, 9.17) is 0 Å². The third-order valence-electron chi connectivity index (χ3n) is 5.32. The van der Waals surface area contributed by atoms with Gasteiger partial charge in [-0.2, -0.15) is 0 Å². The Morgan fingerprint density at radius 1 is 1.12 bits per heavy atom. The molecule has 5 rings (SSSR count). The fraction of sp³-hybridized carbons (Fsp3) is 0.438. The van der Waals surface area contributed by atoms with Crippen molar-refractivity contribution in [1.82, 2.24) is 0 Å². The van der Waals surface area contributed by atoms with Crippen molar-refractivity contribution >= 4 is 49.1 Å². The largest absolute Gasteiger partial charge is 0.299 e. The number of imide groups is 1. The summed E-state index contributed by atoms with van der Waals surface area (Å²) >= 11 is 3.37. The molecule has 1 aromatic rings. The number of sulfone groups is 1. The predicted molar refractivity (Wildman–Crippen MR) is 89.0 cm³/mol. The molecule has 24 heavy (non-hydrogen) atoms. The van der Waals surface area contributed by atoms with Crippen molar-refractivity contribution in [3.8, 4) is 0 Å². The molecule has 8 heteroatoms. The Bertz CT molecular complexity index is 909. The first kappa shape index (κ1) is 16.0. The van der Waals surface area contributed by atoms with Crippen LogP contribution in [0.2, 0.25) is 0 Å². The average molecular weight is 412 g/mol. The highest BCUT2D eigenvalue weighted by Gasteiger charge is 2.65. The van der Waals surface area contributed by atoms with Crippen LogP contribution < -0.4 is 4.90 Å². The third-order valence-corrected chi connectivity index (χ3v) is 8.42. The summed E-state index contributed by atoms with van der Waals surface area (Å²) in [5, 5.41) is -1.06. The summed E-state index contributed by atoms with van der Waals surface area (Å²) in [6.45, 7) is 1.84. The van der Waals surface area contributed by atoms with E-state index in [9.17, 15) is 22.8 Å². The lowest BCUT2D eigenvalue weighted by atomic mass is 9.72. The molecular formula is C16H14BrNO5S. The number of benzene rings is 1. The third kappa shape index (κ3) is 1.99. The molecular weight excluding hydrogens is 398 g/mol. The monoisotopic (exact) mass is 411 g/mol. The highest BCUT2D eigenvalue weighted by Crippen LogP contribution is 2.49. The number of Topliss-reactive ketones (excluding diaryl/α,β-unsaturated/α-hetero) is 1. The second-order valence-corrected chi connectivity index (χ2v) is 9.76. The summed E-state index contributed by atoms with van der Waals surface area (Å²) < 4.78 is 25.4. The van der Waals surface area contributed by atoms with Crippen LogP contribution in [0.5, 0.6) is 0 Å². The molecule has 1 saturated carbocycles. The lowest BCUT2D eigenvalue weighted by Crippen LogP contribution is -2.57. The van der Waals surface area contributed by atoms with E-state index in [-0.39, 0.29) is 18.0 Å². The minimum atomic E-state index is -3.52. The molecule has 0 N–H and O–H groups in total. The van der Waals surface area contributed by atoms with Gasteiger partial charge >= 0.3 is 0 Å². The Labute approximate surface area is 147 Å². The van der Waals surface area contributed by atoms with Crippen molar-refractivity contribution in [2.24, 2.45) is 17.8 Å². The number of halogens is 1. The van der Waals surface area contributed by atoms with Crippen molar-refractivity contribution in [2.45, 2.75) is 18.6 Å². The highest BCUT2D eigenvalue weighted by atomic mass is 79.9. The van der Waals surface area contributed by atoms with E-state index in [1.54, 1.807) is 18.2 Å². The summed E-state index contributed by atoms with van der Waals surface area (Å²) in [6, 6.07) is 5.08. The quantitative estimate of drug-likeness (QED) is 0.648. The normalized spacial score (nSPS) is 33.9. The van der Waals surface area contributed by atoms with Crippen molar-refractivity contribution < 1.29 is 22.8 Å². The van der Waals surface area contributed by atoms with E-state index in [0.717, 1.165) is 14.9 Å². The van der Waals surface area contributed by atoms with Crippen molar-refractivity contribution in [1.29, 1.82) is 0 Å². The number of hydrogen-bond donors (Lipinski definition) is 0. The van der Waals surface area contributed by atoms with Gasteiger partial charge in [0.15, 0.2) is 9.84 Å². The molecule has 4 fully saturated rings. The van der Waals surface area contributed by atoms with Gasteiger partial charge in [-0.25, -0.2) is 13.3 Å². The first-order valence-electron chi connectivity index (χ1n) is 7.60. The van der Waals surface area contributed by atoms with Crippen LogP contribution >= 0.6 is 15.9 Å². The summed E-state index contributed by atoms with van der Waals surface area (Å²) in [4.78, 5) is 38.9. The minimum absolute atomic E-state index is 0.152.